The van der Waals surface area contributed by atoms with Gasteiger partial charge in [0.25, 0.3) is 5.91 Å². The SMILES string of the molecule is CC(C)CN(CC(C)C)c1sc(C(N)=O)c(N)c1C1CC1. The predicted molar refractivity (Wildman–Crippen MR) is 91.1 cm³/mol. The van der Waals surface area contributed by atoms with Crippen LogP contribution in [0.25, 0.3) is 0 Å². The highest BCUT2D eigenvalue weighted by atomic mass is 32.1. The quantitative estimate of drug-likeness (QED) is 0.810. The van der Waals surface area contributed by atoms with Gasteiger partial charge in [0.2, 0.25) is 0 Å². The lowest BCUT2D eigenvalue weighted by Gasteiger charge is -2.28. The number of amides is 1. The van der Waals surface area contributed by atoms with Crippen LogP contribution in [0.15, 0.2) is 0 Å². The molecule has 1 aromatic rings. The average Bonchev–Trinajstić information content (AvgIpc) is 3.10. The molecule has 1 amide bonds. The number of hydrogen-bond acceptors (Lipinski definition) is 4. The van der Waals surface area contributed by atoms with Crippen molar-refractivity contribution in [3.8, 4) is 0 Å². The zero-order chi connectivity index (χ0) is 15.7. The molecule has 5 heteroatoms. The molecule has 4 nitrogen and oxygen atoms in total. The number of nitrogens with two attached hydrogens (primary N) is 2. The Kier molecular flexibility index (Phi) is 4.81. The molecule has 0 bridgehead atoms. The summed E-state index contributed by atoms with van der Waals surface area (Å²) in [5, 5.41) is 1.17. The number of rotatable bonds is 7. The van der Waals surface area contributed by atoms with E-state index < -0.39 is 5.91 Å². The summed E-state index contributed by atoms with van der Waals surface area (Å²) in [6.45, 7) is 10.8. The maximum atomic E-state index is 11.6. The topological polar surface area (TPSA) is 72.3 Å². The van der Waals surface area contributed by atoms with Gasteiger partial charge in [0.1, 0.15) is 4.88 Å². The molecule has 118 valence electrons. The summed E-state index contributed by atoms with van der Waals surface area (Å²) in [7, 11) is 0. The van der Waals surface area contributed by atoms with Crippen LogP contribution in [0.3, 0.4) is 0 Å². The van der Waals surface area contributed by atoms with E-state index in [1.165, 1.54) is 34.7 Å². The summed E-state index contributed by atoms with van der Waals surface area (Å²) in [6, 6.07) is 0. The van der Waals surface area contributed by atoms with E-state index >= 15 is 0 Å². The lowest BCUT2D eigenvalue weighted by Crippen LogP contribution is -2.31. The van der Waals surface area contributed by atoms with E-state index in [4.69, 9.17) is 11.5 Å². The minimum Gasteiger partial charge on any atom is -0.397 e. The number of carbonyl (C=O) groups excluding carboxylic acids is 1. The van der Waals surface area contributed by atoms with Crippen LogP contribution in [0, 0.1) is 11.8 Å². The van der Waals surface area contributed by atoms with Crippen molar-refractivity contribution in [3.63, 3.8) is 0 Å². The predicted octanol–water partition coefficient (Wildman–Crippen LogP) is 3.43. The van der Waals surface area contributed by atoms with Gasteiger partial charge in [-0.15, -0.1) is 11.3 Å². The van der Waals surface area contributed by atoms with Gasteiger partial charge in [-0.05, 0) is 30.6 Å². The monoisotopic (exact) mass is 309 g/mol. The molecule has 0 saturated heterocycles. The summed E-state index contributed by atoms with van der Waals surface area (Å²) < 4.78 is 0. The number of carbonyl (C=O) groups is 1. The molecule has 0 spiro atoms. The summed E-state index contributed by atoms with van der Waals surface area (Å²) in [4.78, 5) is 14.6. The second-order valence-electron chi connectivity index (χ2n) is 6.89. The van der Waals surface area contributed by atoms with Gasteiger partial charge in [0.15, 0.2) is 0 Å². The number of hydrogen-bond donors (Lipinski definition) is 2. The van der Waals surface area contributed by atoms with E-state index in [2.05, 4.69) is 32.6 Å². The second-order valence-corrected chi connectivity index (χ2v) is 7.89. The molecule has 0 unspecified atom stereocenters. The van der Waals surface area contributed by atoms with Crippen LogP contribution >= 0.6 is 11.3 Å². The number of nitrogens with zero attached hydrogens (tertiary/aromatic N) is 1. The van der Waals surface area contributed by atoms with Crippen LogP contribution in [0.5, 0.6) is 0 Å². The van der Waals surface area contributed by atoms with Gasteiger partial charge in [-0.25, -0.2) is 0 Å². The van der Waals surface area contributed by atoms with Crippen LogP contribution in [-0.2, 0) is 0 Å². The highest BCUT2D eigenvalue weighted by Crippen LogP contribution is 2.52. The molecular formula is C16H27N3OS. The number of thiophene rings is 1. The van der Waals surface area contributed by atoms with Crippen LogP contribution < -0.4 is 16.4 Å². The van der Waals surface area contributed by atoms with E-state index in [-0.39, 0.29) is 0 Å². The third-order valence-electron chi connectivity index (χ3n) is 3.63. The highest BCUT2D eigenvalue weighted by Gasteiger charge is 2.34. The van der Waals surface area contributed by atoms with Crippen LogP contribution in [0.4, 0.5) is 10.7 Å². The first-order chi connectivity index (χ1) is 9.81. The van der Waals surface area contributed by atoms with E-state index in [0.29, 0.717) is 28.3 Å². The van der Waals surface area contributed by atoms with Gasteiger partial charge in [-0.2, -0.15) is 0 Å². The van der Waals surface area contributed by atoms with E-state index in [0.717, 1.165) is 13.1 Å². The van der Waals surface area contributed by atoms with Crippen molar-refractivity contribution >= 4 is 27.9 Å². The summed E-state index contributed by atoms with van der Waals surface area (Å²) in [5.74, 6) is 1.25. The summed E-state index contributed by atoms with van der Waals surface area (Å²) in [6.07, 6.45) is 2.34. The van der Waals surface area contributed by atoms with Crippen LogP contribution in [0.2, 0.25) is 0 Å². The molecule has 1 aliphatic carbocycles. The normalized spacial score (nSPS) is 15.0. The Bertz CT molecular complexity index is 508. The smallest absolute Gasteiger partial charge is 0.260 e. The van der Waals surface area contributed by atoms with E-state index in [1.807, 2.05) is 0 Å². The first-order valence-corrected chi connectivity index (χ1v) is 8.59. The number of anilines is 2. The maximum absolute atomic E-state index is 11.6. The summed E-state index contributed by atoms with van der Waals surface area (Å²) >= 11 is 1.48. The van der Waals surface area contributed by atoms with Gasteiger partial charge in [0.05, 0.1) is 10.7 Å². The first-order valence-electron chi connectivity index (χ1n) is 7.78. The molecule has 1 aliphatic rings. The first kappa shape index (κ1) is 16.1. The van der Waals surface area contributed by atoms with Gasteiger partial charge < -0.3 is 16.4 Å². The summed E-state index contributed by atoms with van der Waals surface area (Å²) in [5.41, 5.74) is 13.5. The number of nitrogen functional groups attached to an aromatic ring is 1. The second kappa shape index (κ2) is 6.26. The van der Waals surface area contributed by atoms with Crippen molar-refractivity contribution in [1.82, 2.24) is 0 Å². The molecule has 1 saturated carbocycles. The molecule has 0 aliphatic heterocycles. The van der Waals surface area contributed by atoms with Crippen molar-refractivity contribution in [3.05, 3.63) is 10.4 Å². The molecule has 0 aromatic carbocycles. The fourth-order valence-corrected chi connectivity index (χ4v) is 3.93. The van der Waals surface area contributed by atoms with Crippen LogP contribution in [-0.4, -0.2) is 19.0 Å². The Balaban J connectivity index is 2.42. The Morgan fingerprint density at radius 1 is 1.24 bits per heavy atom. The molecule has 1 aromatic heterocycles. The Morgan fingerprint density at radius 3 is 2.14 bits per heavy atom. The Labute approximate surface area is 131 Å². The minimum atomic E-state index is -0.403. The molecule has 1 heterocycles. The Hall–Kier alpha value is -1.23. The van der Waals surface area contributed by atoms with Crippen molar-refractivity contribution < 1.29 is 4.79 Å². The highest BCUT2D eigenvalue weighted by molar-refractivity contribution is 7.18. The molecule has 21 heavy (non-hydrogen) atoms. The molecule has 0 atom stereocenters. The van der Waals surface area contributed by atoms with Crippen molar-refractivity contribution in [2.45, 2.75) is 46.5 Å². The van der Waals surface area contributed by atoms with E-state index in [9.17, 15) is 4.79 Å². The zero-order valence-corrected chi connectivity index (χ0v) is 14.3. The lowest BCUT2D eigenvalue weighted by atomic mass is 10.1. The minimum absolute atomic E-state index is 0.403. The van der Waals surface area contributed by atoms with Crippen LogP contribution in [0.1, 0.15) is 61.7 Å². The maximum Gasteiger partial charge on any atom is 0.260 e. The number of primary amides is 1. The fourth-order valence-electron chi connectivity index (χ4n) is 2.75. The van der Waals surface area contributed by atoms with Crippen molar-refractivity contribution in [1.29, 1.82) is 0 Å². The zero-order valence-electron chi connectivity index (χ0n) is 13.5. The molecule has 4 N–H and O–H groups in total. The molecule has 2 rings (SSSR count). The van der Waals surface area contributed by atoms with Gasteiger partial charge in [-0.3, -0.25) is 4.79 Å². The molecular weight excluding hydrogens is 282 g/mol. The van der Waals surface area contributed by atoms with Gasteiger partial charge in [0, 0.05) is 18.7 Å². The standard InChI is InChI=1S/C16H27N3OS/c1-9(2)7-19(8-10(3)4)16-12(11-5-6-11)13(17)14(21-16)15(18)20/h9-11H,5-8,17H2,1-4H3,(H2,18,20). The fraction of sp³-hybridized carbons (Fsp3) is 0.688. The van der Waals surface area contributed by atoms with E-state index in [1.54, 1.807) is 0 Å². The van der Waals surface area contributed by atoms with Gasteiger partial charge >= 0.3 is 0 Å². The third-order valence-corrected chi connectivity index (χ3v) is 4.93. The van der Waals surface area contributed by atoms with Crippen molar-refractivity contribution in [2.24, 2.45) is 17.6 Å². The molecule has 0 radical (unpaired) electrons. The average molecular weight is 309 g/mol. The van der Waals surface area contributed by atoms with Crippen molar-refractivity contribution in [2.75, 3.05) is 23.7 Å². The Morgan fingerprint density at radius 2 is 1.76 bits per heavy atom. The lowest BCUT2D eigenvalue weighted by molar-refractivity contribution is 0.100. The largest absolute Gasteiger partial charge is 0.397 e. The van der Waals surface area contributed by atoms with Gasteiger partial charge in [-0.1, -0.05) is 27.7 Å². The third kappa shape index (κ3) is 3.70. The molecule has 1 fully saturated rings.